The zero-order chi connectivity index (χ0) is 10.0. The molecule has 0 bridgehead atoms. The smallest absolute Gasteiger partial charge is 0.157 e. The third kappa shape index (κ3) is 1.68. The second kappa shape index (κ2) is 3.50. The standard InChI is InChI=1S/C11H14N2O/c12-11(4-2-5-11)10(14)7-9-3-1-6-13-8-9/h1,3,6,8H,2,4-5,7,12H2. The van der Waals surface area contributed by atoms with Crippen molar-refractivity contribution in [1.29, 1.82) is 0 Å². The number of carbonyl (C=O) groups is 1. The maximum absolute atomic E-state index is 11.8. The first kappa shape index (κ1) is 9.34. The summed E-state index contributed by atoms with van der Waals surface area (Å²) in [6, 6.07) is 3.75. The Bertz CT molecular complexity index is 330. The molecule has 1 aliphatic carbocycles. The van der Waals surface area contributed by atoms with Crippen LogP contribution < -0.4 is 5.73 Å². The predicted octanol–water partition coefficient (Wildman–Crippen LogP) is 1.07. The van der Waals surface area contributed by atoms with Crippen molar-refractivity contribution in [2.75, 3.05) is 0 Å². The Hall–Kier alpha value is -1.22. The van der Waals surface area contributed by atoms with Crippen molar-refractivity contribution in [2.45, 2.75) is 31.2 Å². The highest BCUT2D eigenvalue weighted by molar-refractivity contribution is 5.90. The van der Waals surface area contributed by atoms with Crippen LogP contribution in [0.25, 0.3) is 0 Å². The van der Waals surface area contributed by atoms with Crippen molar-refractivity contribution in [3.8, 4) is 0 Å². The van der Waals surface area contributed by atoms with Gasteiger partial charge in [0.1, 0.15) is 0 Å². The molecule has 14 heavy (non-hydrogen) atoms. The first-order valence-electron chi connectivity index (χ1n) is 4.92. The van der Waals surface area contributed by atoms with Crippen LogP contribution in [0.3, 0.4) is 0 Å². The lowest BCUT2D eigenvalue weighted by molar-refractivity contribution is -0.126. The van der Waals surface area contributed by atoms with E-state index in [4.69, 9.17) is 5.73 Å². The van der Waals surface area contributed by atoms with Crippen molar-refractivity contribution in [2.24, 2.45) is 5.73 Å². The quantitative estimate of drug-likeness (QED) is 0.775. The van der Waals surface area contributed by atoms with E-state index < -0.39 is 5.54 Å². The Morgan fingerprint density at radius 2 is 2.36 bits per heavy atom. The van der Waals surface area contributed by atoms with Gasteiger partial charge in [-0.15, -0.1) is 0 Å². The van der Waals surface area contributed by atoms with Crippen molar-refractivity contribution >= 4 is 5.78 Å². The van der Waals surface area contributed by atoms with Crippen LogP contribution >= 0.6 is 0 Å². The molecule has 0 aromatic carbocycles. The van der Waals surface area contributed by atoms with E-state index in [0.717, 1.165) is 24.8 Å². The minimum atomic E-state index is -0.532. The number of nitrogens with zero attached hydrogens (tertiary/aromatic N) is 1. The highest BCUT2D eigenvalue weighted by Crippen LogP contribution is 2.30. The lowest BCUT2D eigenvalue weighted by Gasteiger charge is -2.36. The predicted molar refractivity (Wildman–Crippen MR) is 53.7 cm³/mol. The topological polar surface area (TPSA) is 56.0 Å². The van der Waals surface area contributed by atoms with Gasteiger partial charge in [-0.1, -0.05) is 6.07 Å². The molecule has 0 radical (unpaired) electrons. The van der Waals surface area contributed by atoms with E-state index in [1.807, 2.05) is 12.1 Å². The maximum Gasteiger partial charge on any atom is 0.157 e. The highest BCUT2D eigenvalue weighted by atomic mass is 16.1. The summed E-state index contributed by atoms with van der Waals surface area (Å²) < 4.78 is 0. The SMILES string of the molecule is NC1(C(=O)Cc2cccnc2)CCC1. The lowest BCUT2D eigenvalue weighted by Crippen LogP contribution is -2.54. The summed E-state index contributed by atoms with van der Waals surface area (Å²) in [6.07, 6.45) is 6.60. The van der Waals surface area contributed by atoms with Gasteiger partial charge >= 0.3 is 0 Å². The van der Waals surface area contributed by atoms with E-state index in [2.05, 4.69) is 4.98 Å². The van der Waals surface area contributed by atoms with Gasteiger partial charge in [-0.2, -0.15) is 0 Å². The maximum atomic E-state index is 11.8. The molecule has 74 valence electrons. The number of ketones is 1. The minimum Gasteiger partial charge on any atom is -0.319 e. The molecule has 1 fully saturated rings. The van der Waals surface area contributed by atoms with Crippen LogP contribution in [0.15, 0.2) is 24.5 Å². The summed E-state index contributed by atoms with van der Waals surface area (Å²) in [6.45, 7) is 0. The fourth-order valence-corrected chi connectivity index (χ4v) is 1.70. The number of nitrogens with two attached hydrogens (primary N) is 1. The van der Waals surface area contributed by atoms with Gasteiger partial charge in [0.15, 0.2) is 5.78 Å². The van der Waals surface area contributed by atoms with Crippen molar-refractivity contribution in [3.05, 3.63) is 30.1 Å². The summed E-state index contributed by atoms with van der Waals surface area (Å²) in [5, 5.41) is 0. The van der Waals surface area contributed by atoms with Gasteiger partial charge in [0, 0.05) is 18.8 Å². The molecule has 2 N–H and O–H groups in total. The van der Waals surface area contributed by atoms with Crippen molar-refractivity contribution in [3.63, 3.8) is 0 Å². The fraction of sp³-hybridized carbons (Fsp3) is 0.455. The zero-order valence-electron chi connectivity index (χ0n) is 8.07. The molecule has 2 rings (SSSR count). The van der Waals surface area contributed by atoms with Gasteiger partial charge in [-0.05, 0) is 30.9 Å². The van der Waals surface area contributed by atoms with Crippen LogP contribution in [0.2, 0.25) is 0 Å². The monoisotopic (exact) mass is 190 g/mol. The van der Waals surface area contributed by atoms with E-state index in [0.29, 0.717) is 6.42 Å². The number of hydrogen-bond donors (Lipinski definition) is 1. The molecule has 0 saturated heterocycles. The number of aromatic nitrogens is 1. The molecular weight excluding hydrogens is 176 g/mol. The van der Waals surface area contributed by atoms with E-state index in [1.54, 1.807) is 12.4 Å². The van der Waals surface area contributed by atoms with Crippen LogP contribution in [0, 0.1) is 0 Å². The van der Waals surface area contributed by atoms with Gasteiger partial charge in [0.25, 0.3) is 0 Å². The number of Topliss-reactive ketones (excluding diaryl/α,β-unsaturated/α-hetero) is 1. The van der Waals surface area contributed by atoms with Crippen LogP contribution in [0.1, 0.15) is 24.8 Å². The fourth-order valence-electron chi connectivity index (χ4n) is 1.70. The van der Waals surface area contributed by atoms with E-state index in [1.165, 1.54) is 0 Å². The number of pyridine rings is 1. The van der Waals surface area contributed by atoms with Gasteiger partial charge < -0.3 is 5.73 Å². The Morgan fingerprint density at radius 1 is 1.57 bits per heavy atom. The molecule has 1 saturated carbocycles. The van der Waals surface area contributed by atoms with E-state index >= 15 is 0 Å². The van der Waals surface area contributed by atoms with Crippen LogP contribution in [0.5, 0.6) is 0 Å². The zero-order valence-corrected chi connectivity index (χ0v) is 8.07. The molecule has 0 spiro atoms. The molecule has 0 unspecified atom stereocenters. The summed E-state index contributed by atoms with van der Waals surface area (Å²) in [4.78, 5) is 15.7. The third-order valence-electron chi connectivity index (χ3n) is 2.89. The summed E-state index contributed by atoms with van der Waals surface area (Å²) in [7, 11) is 0. The molecule has 0 atom stereocenters. The Kier molecular flexibility index (Phi) is 2.33. The molecule has 1 aromatic heterocycles. The Labute approximate surface area is 83.3 Å². The second-order valence-corrected chi connectivity index (χ2v) is 3.97. The largest absolute Gasteiger partial charge is 0.319 e. The summed E-state index contributed by atoms with van der Waals surface area (Å²) in [5.41, 5.74) is 6.35. The third-order valence-corrected chi connectivity index (χ3v) is 2.89. The Balaban J connectivity index is 2.02. The summed E-state index contributed by atoms with van der Waals surface area (Å²) >= 11 is 0. The van der Waals surface area contributed by atoms with Gasteiger partial charge in [-0.25, -0.2) is 0 Å². The van der Waals surface area contributed by atoms with E-state index in [9.17, 15) is 4.79 Å². The first-order valence-corrected chi connectivity index (χ1v) is 4.92. The molecule has 3 heteroatoms. The number of hydrogen-bond acceptors (Lipinski definition) is 3. The lowest BCUT2D eigenvalue weighted by atomic mass is 9.73. The van der Waals surface area contributed by atoms with Crippen LogP contribution in [-0.4, -0.2) is 16.3 Å². The molecule has 3 nitrogen and oxygen atoms in total. The molecule has 1 heterocycles. The average molecular weight is 190 g/mol. The molecule has 0 aliphatic heterocycles. The van der Waals surface area contributed by atoms with Crippen LogP contribution in [0.4, 0.5) is 0 Å². The van der Waals surface area contributed by atoms with Crippen LogP contribution in [-0.2, 0) is 11.2 Å². The molecule has 0 amide bonds. The minimum absolute atomic E-state index is 0.150. The van der Waals surface area contributed by atoms with Crippen molar-refractivity contribution < 1.29 is 4.79 Å². The second-order valence-electron chi connectivity index (χ2n) is 3.97. The normalized spacial score (nSPS) is 18.6. The number of rotatable bonds is 3. The molecule has 1 aromatic rings. The summed E-state index contributed by atoms with van der Waals surface area (Å²) in [5.74, 6) is 0.150. The molecular formula is C11H14N2O. The number of carbonyl (C=O) groups excluding carboxylic acids is 1. The average Bonchev–Trinajstić information content (AvgIpc) is 2.15. The van der Waals surface area contributed by atoms with Gasteiger partial charge in [0.05, 0.1) is 5.54 Å². The molecule has 1 aliphatic rings. The van der Waals surface area contributed by atoms with Gasteiger partial charge in [-0.3, -0.25) is 9.78 Å². The van der Waals surface area contributed by atoms with Gasteiger partial charge in [0.2, 0.25) is 0 Å². The highest BCUT2D eigenvalue weighted by Gasteiger charge is 2.39. The van der Waals surface area contributed by atoms with E-state index in [-0.39, 0.29) is 5.78 Å². The Morgan fingerprint density at radius 3 is 2.86 bits per heavy atom. The first-order chi connectivity index (χ1) is 6.71. The van der Waals surface area contributed by atoms with Crippen molar-refractivity contribution in [1.82, 2.24) is 4.98 Å².